The minimum Gasteiger partial charge on any atom is -0.494 e. The molecule has 2 nitrogen and oxygen atoms in total. The quantitative estimate of drug-likeness (QED) is 0.835. The van der Waals surface area contributed by atoms with Crippen LogP contribution in [-0.2, 0) is 6.42 Å². The molecule has 0 radical (unpaired) electrons. The fourth-order valence-corrected chi connectivity index (χ4v) is 1.55. The summed E-state index contributed by atoms with van der Waals surface area (Å²) in [6.45, 7) is 4.59. The number of benzene rings is 1. The Morgan fingerprint density at radius 1 is 1.50 bits per heavy atom. The van der Waals surface area contributed by atoms with Crippen LogP contribution in [0.5, 0.6) is 5.75 Å². The molecule has 0 heterocycles. The highest BCUT2D eigenvalue weighted by Gasteiger charge is 2.06. The van der Waals surface area contributed by atoms with Crippen LogP contribution in [0.25, 0.3) is 0 Å². The van der Waals surface area contributed by atoms with E-state index in [-0.39, 0.29) is 6.04 Å². The molecule has 0 bridgehead atoms. The largest absolute Gasteiger partial charge is 0.494 e. The van der Waals surface area contributed by atoms with E-state index in [0.29, 0.717) is 6.61 Å². The third-order valence-corrected chi connectivity index (χ3v) is 2.10. The zero-order chi connectivity index (χ0) is 10.6. The van der Waals surface area contributed by atoms with Gasteiger partial charge in [0.1, 0.15) is 5.75 Å². The zero-order valence-corrected chi connectivity index (χ0v) is 9.34. The van der Waals surface area contributed by atoms with E-state index in [2.05, 4.69) is 0 Å². The van der Waals surface area contributed by atoms with E-state index in [1.807, 2.05) is 32.0 Å². The van der Waals surface area contributed by atoms with E-state index in [9.17, 15) is 0 Å². The Kier molecular flexibility index (Phi) is 4.23. The van der Waals surface area contributed by atoms with E-state index in [0.717, 1.165) is 22.8 Å². The van der Waals surface area contributed by atoms with Gasteiger partial charge in [0, 0.05) is 11.1 Å². The molecule has 0 saturated carbocycles. The number of hydrogen-bond acceptors (Lipinski definition) is 2. The van der Waals surface area contributed by atoms with Gasteiger partial charge in [-0.15, -0.1) is 0 Å². The number of rotatable bonds is 4. The van der Waals surface area contributed by atoms with Crippen molar-refractivity contribution in [2.45, 2.75) is 26.3 Å². The molecule has 1 atom stereocenters. The minimum atomic E-state index is 0.118. The summed E-state index contributed by atoms with van der Waals surface area (Å²) in [6.07, 6.45) is 0.788. The van der Waals surface area contributed by atoms with Crippen molar-refractivity contribution in [3.8, 4) is 5.75 Å². The first-order chi connectivity index (χ1) is 6.63. The Labute approximate surface area is 90.0 Å². The third kappa shape index (κ3) is 3.20. The Balaban J connectivity index is 2.90. The molecule has 0 saturated heterocycles. The highest BCUT2D eigenvalue weighted by Crippen LogP contribution is 2.23. The summed E-state index contributed by atoms with van der Waals surface area (Å²) in [5.41, 5.74) is 6.82. The van der Waals surface area contributed by atoms with Crippen molar-refractivity contribution in [2.75, 3.05) is 6.61 Å². The predicted octanol–water partition coefficient (Wildman–Crippen LogP) is 2.63. The first-order valence-electron chi connectivity index (χ1n) is 4.80. The molecule has 3 heteroatoms. The maximum atomic E-state index is 5.90. The van der Waals surface area contributed by atoms with Gasteiger partial charge in [-0.2, -0.15) is 0 Å². The van der Waals surface area contributed by atoms with Gasteiger partial charge in [-0.3, -0.25) is 0 Å². The minimum absolute atomic E-state index is 0.118. The highest BCUT2D eigenvalue weighted by atomic mass is 35.5. The Bertz CT molecular complexity index is 299. The van der Waals surface area contributed by atoms with Crippen molar-refractivity contribution in [1.29, 1.82) is 0 Å². The lowest BCUT2D eigenvalue weighted by Gasteiger charge is -2.12. The van der Waals surface area contributed by atoms with Crippen molar-refractivity contribution >= 4 is 11.6 Å². The summed E-state index contributed by atoms with van der Waals surface area (Å²) in [5, 5.41) is 0.726. The van der Waals surface area contributed by atoms with Gasteiger partial charge in [0.2, 0.25) is 0 Å². The normalized spacial score (nSPS) is 12.6. The molecule has 14 heavy (non-hydrogen) atoms. The molecule has 0 fully saturated rings. The van der Waals surface area contributed by atoms with Crippen LogP contribution >= 0.6 is 11.6 Å². The van der Waals surface area contributed by atoms with E-state index >= 15 is 0 Å². The number of ether oxygens (including phenoxy) is 1. The van der Waals surface area contributed by atoms with E-state index < -0.39 is 0 Å². The second-order valence-corrected chi connectivity index (χ2v) is 3.80. The smallest absolute Gasteiger partial charge is 0.122 e. The molecule has 0 amide bonds. The van der Waals surface area contributed by atoms with Gasteiger partial charge < -0.3 is 10.5 Å². The maximum absolute atomic E-state index is 5.90. The molecule has 0 spiro atoms. The molecule has 1 aromatic rings. The maximum Gasteiger partial charge on any atom is 0.122 e. The molecule has 78 valence electrons. The second-order valence-electron chi connectivity index (χ2n) is 3.37. The first-order valence-corrected chi connectivity index (χ1v) is 5.18. The fourth-order valence-electron chi connectivity index (χ4n) is 1.35. The van der Waals surface area contributed by atoms with Gasteiger partial charge in [-0.25, -0.2) is 0 Å². The molecule has 0 aliphatic rings. The molecule has 0 unspecified atom stereocenters. The van der Waals surface area contributed by atoms with E-state index in [1.165, 1.54) is 0 Å². The first kappa shape index (κ1) is 11.3. The Morgan fingerprint density at radius 2 is 2.21 bits per heavy atom. The van der Waals surface area contributed by atoms with Gasteiger partial charge in [-0.1, -0.05) is 11.6 Å². The van der Waals surface area contributed by atoms with Crippen molar-refractivity contribution in [3.05, 3.63) is 28.8 Å². The molecule has 1 rings (SSSR count). The molecule has 0 aromatic heterocycles. The van der Waals surface area contributed by atoms with E-state index in [4.69, 9.17) is 22.1 Å². The Morgan fingerprint density at radius 3 is 2.79 bits per heavy atom. The summed E-state index contributed by atoms with van der Waals surface area (Å²) in [5.74, 6) is 0.884. The number of nitrogens with two attached hydrogens (primary N) is 1. The molecule has 0 aliphatic carbocycles. The SMILES string of the molecule is CCOc1ccc(Cl)cc1C[C@@H](C)N. The highest BCUT2D eigenvalue weighted by molar-refractivity contribution is 6.30. The standard InChI is InChI=1S/C11H16ClNO/c1-3-14-11-5-4-10(12)7-9(11)6-8(2)13/h4-5,7-8H,3,6,13H2,1-2H3/t8-/m1/s1. The van der Waals surface area contributed by atoms with Crippen LogP contribution in [0.15, 0.2) is 18.2 Å². The lowest BCUT2D eigenvalue weighted by Crippen LogP contribution is -2.18. The summed E-state index contributed by atoms with van der Waals surface area (Å²) >= 11 is 5.90. The lowest BCUT2D eigenvalue weighted by atomic mass is 10.1. The zero-order valence-electron chi connectivity index (χ0n) is 8.59. The van der Waals surface area contributed by atoms with Crippen molar-refractivity contribution < 1.29 is 4.74 Å². The van der Waals surface area contributed by atoms with Gasteiger partial charge >= 0.3 is 0 Å². The fraction of sp³-hybridized carbons (Fsp3) is 0.455. The third-order valence-electron chi connectivity index (χ3n) is 1.86. The molecular formula is C11H16ClNO. The predicted molar refractivity (Wildman–Crippen MR) is 60.0 cm³/mol. The second kappa shape index (κ2) is 5.23. The van der Waals surface area contributed by atoms with Crippen LogP contribution in [0.4, 0.5) is 0 Å². The summed E-state index contributed by atoms with van der Waals surface area (Å²) in [4.78, 5) is 0. The Hall–Kier alpha value is -0.730. The number of halogens is 1. The van der Waals surface area contributed by atoms with Gasteiger partial charge in [-0.05, 0) is 44.0 Å². The average Bonchev–Trinajstić information content (AvgIpc) is 2.09. The van der Waals surface area contributed by atoms with Gasteiger partial charge in [0.05, 0.1) is 6.61 Å². The van der Waals surface area contributed by atoms with Gasteiger partial charge in [0.25, 0.3) is 0 Å². The van der Waals surface area contributed by atoms with Crippen LogP contribution in [0.1, 0.15) is 19.4 Å². The molecule has 2 N–H and O–H groups in total. The molecule has 1 aromatic carbocycles. The molecule has 0 aliphatic heterocycles. The van der Waals surface area contributed by atoms with Crippen LogP contribution < -0.4 is 10.5 Å². The van der Waals surface area contributed by atoms with Crippen molar-refractivity contribution in [2.24, 2.45) is 5.73 Å². The number of hydrogen-bond donors (Lipinski definition) is 1. The monoisotopic (exact) mass is 213 g/mol. The summed E-state index contributed by atoms with van der Waals surface area (Å²) in [7, 11) is 0. The van der Waals surface area contributed by atoms with Crippen LogP contribution in [0.2, 0.25) is 5.02 Å². The summed E-state index contributed by atoms with van der Waals surface area (Å²) < 4.78 is 5.48. The van der Waals surface area contributed by atoms with Crippen LogP contribution in [-0.4, -0.2) is 12.6 Å². The van der Waals surface area contributed by atoms with E-state index in [1.54, 1.807) is 0 Å². The lowest BCUT2D eigenvalue weighted by molar-refractivity contribution is 0.336. The van der Waals surface area contributed by atoms with Crippen molar-refractivity contribution in [3.63, 3.8) is 0 Å². The average molecular weight is 214 g/mol. The van der Waals surface area contributed by atoms with Crippen LogP contribution in [0.3, 0.4) is 0 Å². The topological polar surface area (TPSA) is 35.2 Å². The van der Waals surface area contributed by atoms with Crippen LogP contribution in [0, 0.1) is 0 Å². The molecular weight excluding hydrogens is 198 g/mol. The van der Waals surface area contributed by atoms with Gasteiger partial charge in [0.15, 0.2) is 0 Å². The summed E-state index contributed by atoms with van der Waals surface area (Å²) in [6, 6.07) is 5.75. The van der Waals surface area contributed by atoms with Crippen molar-refractivity contribution in [1.82, 2.24) is 0 Å².